The maximum absolute atomic E-state index is 13.0. The molecule has 1 amide bonds. The monoisotopic (exact) mass is 371 g/mol. The van der Waals surface area contributed by atoms with Crippen LogP contribution in [0.2, 0.25) is 0 Å². The summed E-state index contributed by atoms with van der Waals surface area (Å²) in [6.07, 6.45) is 2.25. The summed E-state index contributed by atoms with van der Waals surface area (Å²) in [4.78, 5) is 22.8. The third-order valence-corrected chi connectivity index (χ3v) is 6.26. The zero-order chi connectivity index (χ0) is 18.7. The summed E-state index contributed by atoms with van der Waals surface area (Å²) in [5, 5.41) is 0.940. The van der Waals surface area contributed by atoms with E-state index in [0.29, 0.717) is 6.04 Å². The maximum atomic E-state index is 13.0. The maximum Gasteiger partial charge on any atom is 0.265 e. The molecule has 5 heteroatoms. The normalized spacial score (nSPS) is 15.7. The van der Waals surface area contributed by atoms with Crippen LogP contribution < -0.4 is 0 Å². The van der Waals surface area contributed by atoms with Crippen molar-refractivity contribution >= 4 is 17.2 Å². The highest BCUT2D eigenvalue weighted by Gasteiger charge is 2.26. The molecule has 0 aliphatic carbocycles. The lowest BCUT2D eigenvalue weighted by molar-refractivity contribution is 0.0599. The smallest absolute Gasteiger partial charge is 0.265 e. The highest BCUT2D eigenvalue weighted by molar-refractivity contribution is 7.17. The van der Waals surface area contributed by atoms with Crippen molar-refractivity contribution in [2.24, 2.45) is 0 Å². The van der Waals surface area contributed by atoms with Crippen LogP contribution in [0.5, 0.6) is 0 Å². The van der Waals surface area contributed by atoms with Gasteiger partial charge in [0.2, 0.25) is 0 Å². The topological polar surface area (TPSA) is 36.4 Å². The molecule has 140 valence electrons. The molecule has 2 heterocycles. The molecular weight excluding hydrogens is 342 g/mol. The first-order chi connectivity index (χ1) is 12.5. The standard InChI is InChI=1S/C21H29N3OS/c1-5-6-17-7-9-18(10-8-17)20-22-16(4)19(26-20)21(25)24-13-11-23(12-14-24)15(2)3/h7-10,15H,5-6,11-14H2,1-4H3. The van der Waals surface area contributed by atoms with E-state index in [2.05, 4.69) is 54.9 Å². The van der Waals surface area contributed by atoms with Crippen LogP contribution in [0.1, 0.15) is 48.1 Å². The van der Waals surface area contributed by atoms with Crippen LogP contribution in [0.15, 0.2) is 24.3 Å². The van der Waals surface area contributed by atoms with Gasteiger partial charge in [-0.05, 0) is 32.8 Å². The highest BCUT2D eigenvalue weighted by Crippen LogP contribution is 2.29. The number of rotatable bonds is 5. The lowest BCUT2D eigenvalue weighted by Gasteiger charge is -2.36. The summed E-state index contributed by atoms with van der Waals surface area (Å²) in [5.74, 6) is 0.136. The molecule has 1 aliphatic heterocycles. The molecule has 3 rings (SSSR count). The average Bonchev–Trinajstić information content (AvgIpc) is 3.04. The Morgan fingerprint density at radius 3 is 2.38 bits per heavy atom. The van der Waals surface area contributed by atoms with Crippen LogP contribution >= 0.6 is 11.3 Å². The molecule has 1 fully saturated rings. The molecule has 0 N–H and O–H groups in total. The number of aryl methyl sites for hydroxylation is 2. The Bertz CT molecular complexity index is 743. The second kappa shape index (κ2) is 8.31. The largest absolute Gasteiger partial charge is 0.335 e. The summed E-state index contributed by atoms with van der Waals surface area (Å²) in [7, 11) is 0. The fraction of sp³-hybridized carbons (Fsp3) is 0.524. The van der Waals surface area contributed by atoms with Gasteiger partial charge in [-0.1, -0.05) is 37.6 Å². The van der Waals surface area contributed by atoms with Crippen molar-refractivity contribution in [2.45, 2.75) is 46.6 Å². The Kier molecular flexibility index (Phi) is 6.09. The van der Waals surface area contributed by atoms with Gasteiger partial charge in [-0.2, -0.15) is 0 Å². The van der Waals surface area contributed by atoms with Crippen LogP contribution in [-0.2, 0) is 6.42 Å². The van der Waals surface area contributed by atoms with E-state index in [1.54, 1.807) is 0 Å². The molecule has 2 aromatic rings. The van der Waals surface area contributed by atoms with Crippen molar-refractivity contribution in [1.29, 1.82) is 0 Å². The van der Waals surface area contributed by atoms with E-state index >= 15 is 0 Å². The second-order valence-corrected chi connectivity index (χ2v) is 8.30. The van der Waals surface area contributed by atoms with E-state index in [1.165, 1.54) is 16.9 Å². The minimum Gasteiger partial charge on any atom is -0.335 e. The van der Waals surface area contributed by atoms with Crippen molar-refractivity contribution in [2.75, 3.05) is 26.2 Å². The summed E-state index contributed by atoms with van der Waals surface area (Å²) in [6.45, 7) is 12.1. The summed E-state index contributed by atoms with van der Waals surface area (Å²) >= 11 is 1.52. The van der Waals surface area contributed by atoms with Crippen LogP contribution in [0.25, 0.3) is 10.6 Å². The lowest BCUT2D eigenvalue weighted by Crippen LogP contribution is -2.50. The molecule has 0 atom stereocenters. The Morgan fingerprint density at radius 1 is 1.15 bits per heavy atom. The molecule has 0 spiro atoms. The van der Waals surface area contributed by atoms with Gasteiger partial charge in [0.05, 0.1) is 5.69 Å². The van der Waals surface area contributed by atoms with Crippen molar-refractivity contribution in [3.63, 3.8) is 0 Å². The number of piperazine rings is 1. The van der Waals surface area contributed by atoms with Crippen molar-refractivity contribution in [3.8, 4) is 10.6 Å². The summed E-state index contributed by atoms with van der Waals surface area (Å²) in [6, 6.07) is 9.13. The van der Waals surface area contributed by atoms with Crippen LogP contribution in [0.4, 0.5) is 0 Å². The zero-order valence-electron chi connectivity index (χ0n) is 16.3. The molecule has 4 nitrogen and oxygen atoms in total. The minimum atomic E-state index is 0.136. The van der Waals surface area contributed by atoms with Gasteiger partial charge in [0.1, 0.15) is 9.88 Å². The first-order valence-corrected chi connectivity index (χ1v) is 10.4. The first-order valence-electron chi connectivity index (χ1n) is 9.59. The number of aromatic nitrogens is 1. The Hall–Kier alpha value is -1.72. The Balaban J connectivity index is 1.72. The van der Waals surface area contributed by atoms with Crippen molar-refractivity contribution in [3.05, 3.63) is 40.4 Å². The quantitative estimate of drug-likeness (QED) is 0.789. The number of hydrogen-bond acceptors (Lipinski definition) is 4. The zero-order valence-corrected chi connectivity index (χ0v) is 17.1. The predicted octanol–water partition coefficient (Wildman–Crippen LogP) is 4.24. The number of carbonyl (C=O) groups excluding carboxylic acids is 1. The second-order valence-electron chi connectivity index (χ2n) is 7.30. The van der Waals surface area contributed by atoms with Gasteiger partial charge < -0.3 is 4.90 Å². The van der Waals surface area contributed by atoms with E-state index < -0.39 is 0 Å². The van der Waals surface area contributed by atoms with Gasteiger partial charge in [0, 0.05) is 37.8 Å². The van der Waals surface area contributed by atoms with Gasteiger partial charge in [0.25, 0.3) is 5.91 Å². The molecule has 0 unspecified atom stereocenters. The van der Waals surface area contributed by atoms with Gasteiger partial charge >= 0.3 is 0 Å². The summed E-state index contributed by atoms with van der Waals surface area (Å²) in [5.41, 5.74) is 3.30. The van der Waals surface area contributed by atoms with E-state index in [9.17, 15) is 4.79 Å². The number of benzene rings is 1. The molecule has 26 heavy (non-hydrogen) atoms. The van der Waals surface area contributed by atoms with Crippen LogP contribution in [-0.4, -0.2) is 52.9 Å². The van der Waals surface area contributed by atoms with E-state index in [-0.39, 0.29) is 5.91 Å². The van der Waals surface area contributed by atoms with Gasteiger partial charge in [0.15, 0.2) is 0 Å². The highest BCUT2D eigenvalue weighted by atomic mass is 32.1. The fourth-order valence-electron chi connectivity index (χ4n) is 3.41. The lowest BCUT2D eigenvalue weighted by atomic mass is 10.1. The number of hydrogen-bond donors (Lipinski definition) is 0. The third-order valence-electron chi connectivity index (χ3n) is 5.06. The van der Waals surface area contributed by atoms with Crippen molar-refractivity contribution < 1.29 is 4.79 Å². The SMILES string of the molecule is CCCc1ccc(-c2nc(C)c(C(=O)N3CCN(C(C)C)CC3)s2)cc1. The van der Waals surface area contributed by atoms with Crippen molar-refractivity contribution in [1.82, 2.24) is 14.8 Å². The molecule has 0 bridgehead atoms. The number of amides is 1. The van der Waals surface area contributed by atoms with E-state index in [4.69, 9.17) is 0 Å². The Labute approximate surface area is 160 Å². The molecule has 1 aliphatic rings. The molecule has 1 saturated heterocycles. The molecule has 1 aromatic heterocycles. The first kappa shape index (κ1) is 19.1. The van der Waals surface area contributed by atoms with Gasteiger partial charge in [-0.15, -0.1) is 11.3 Å². The number of thiazole rings is 1. The minimum absolute atomic E-state index is 0.136. The van der Waals surface area contributed by atoms with Crippen LogP contribution in [0.3, 0.4) is 0 Å². The number of nitrogens with zero attached hydrogens (tertiary/aromatic N) is 3. The fourth-order valence-corrected chi connectivity index (χ4v) is 4.45. The predicted molar refractivity (Wildman–Crippen MR) is 109 cm³/mol. The van der Waals surface area contributed by atoms with E-state index in [0.717, 1.165) is 60.2 Å². The Morgan fingerprint density at radius 2 is 1.81 bits per heavy atom. The number of carbonyl (C=O) groups is 1. The van der Waals surface area contributed by atoms with Gasteiger partial charge in [-0.3, -0.25) is 9.69 Å². The van der Waals surface area contributed by atoms with Crippen LogP contribution in [0, 0.1) is 6.92 Å². The van der Waals surface area contributed by atoms with Gasteiger partial charge in [-0.25, -0.2) is 4.98 Å². The molecule has 0 radical (unpaired) electrons. The molecule has 1 aromatic carbocycles. The molecular formula is C21H29N3OS. The van der Waals surface area contributed by atoms with E-state index in [1.807, 2.05) is 11.8 Å². The average molecular weight is 372 g/mol. The molecule has 0 saturated carbocycles. The third kappa shape index (κ3) is 4.15. The summed E-state index contributed by atoms with van der Waals surface area (Å²) < 4.78 is 0.